The predicted molar refractivity (Wildman–Crippen MR) is 108 cm³/mol. The van der Waals surface area contributed by atoms with Gasteiger partial charge in [0.1, 0.15) is 17.0 Å². The van der Waals surface area contributed by atoms with E-state index in [0.717, 1.165) is 17.7 Å². The number of benzene rings is 2. The Morgan fingerprint density at radius 1 is 1.15 bits per heavy atom. The van der Waals surface area contributed by atoms with Crippen molar-refractivity contribution in [3.05, 3.63) is 70.4 Å². The van der Waals surface area contributed by atoms with Crippen LogP contribution in [0.15, 0.2) is 53.1 Å². The first-order valence-electron chi connectivity index (χ1n) is 8.73. The van der Waals surface area contributed by atoms with Gasteiger partial charge in [0.2, 0.25) is 0 Å². The van der Waals surface area contributed by atoms with E-state index in [-0.39, 0.29) is 5.91 Å². The van der Waals surface area contributed by atoms with Gasteiger partial charge in [0.05, 0.1) is 5.02 Å². The number of aromatic nitrogens is 1. The smallest absolute Gasteiger partial charge is 0.257 e. The Morgan fingerprint density at radius 2 is 1.85 bits per heavy atom. The molecule has 1 heterocycles. The van der Waals surface area contributed by atoms with E-state index >= 15 is 0 Å². The number of amides is 1. The summed E-state index contributed by atoms with van der Waals surface area (Å²) in [7, 11) is 4.01. The molecule has 2 aromatic carbocycles. The number of nitrogens with one attached hydrogen (secondary N) is 1. The molecule has 0 aliphatic heterocycles. The molecule has 27 heavy (non-hydrogen) atoms. The average molecular weight is 384 g/mol. The largest absolute Gasteiger partial charge is 0.378 e. The summed E-state index contributed by atoms with van der Waals surface area (Å²) < 4.78 is 5.25. The third kappa shape index (κ3) is 4.31. The lowest BCUT2D eigenvalue weighted by atomic mass is 10.1. The van der Waals surface area contributed by atoms with Crippen LogP contribution in [0.2, 0.25) is 5.02 Å². The molecule has 0 saturated heterocycles. The number of hydrogen-bond acceptors (Lipinski definition) is 4. The van der Waals surface area contributed by atoms with Crippen LogP contribution in [-0.4, -0.2) is 31.7 Å². The second-order valence-electron chi connectivity index (χ2n) is 6.51. The minimum Gasteiger partial charge on any atom is -0.378 e. The van der Waals surface area contributed by atoms with Crippen molar-refractivity contribution in [2.24, 2.45) is 0 Å². The number of anilines is 1. The zero-order valence-corrected chi connectivity index (χ0v) is 16.4. The topological polar surface area (TPSA) is 58.4 Å². The van der Waals surface area contributed by atoms with Crippen molar-refractivity contribution in [2.45, 2.75) is 13.3 Å². The molecule has 0 spiro atoms. The normalized spacial score (nSPS) is 10.7. The second kappa shape index (κ2) is 8.27. The lowest BCUT2D eigenvalue weighted by Crippen LogP contribution is -2.26. The van der Waals surface area contributed by atoms with E-state index in [1.165, 1.54) is 0 Å². The van der Waals surface area contributed by atoms with Crippen LogP contribution in [0.1, 0.15) is 21.7 Å². The summed E-state index contributed by atoms with van der Waals surface area (Å²) in [6.45, 7) is 2.24. The van der Waals surface area contributed by atoms with E-state index in [0.29, 0.717) is 34.1 Å². The zero-order valence-electron chi connectivity index (χ0n) is 15.6. The molecule has 0 atom stereocenters. The standard InChI is InChI=1S/C21H22ClN3O2/c1-14-19(20(24-27-14)17-6-4-5-7-18(17)22)21(26)23-13-12-15-8-10-16(11-9-15)25(2)3/h4-11H,12-13H2,1-3H3,(H,23,26). The molecule has 1 N–H and O–H groups in total. The summed E-state index contributed by atoms with van der Waals surface area (Å²) in [5.41, 5.74) is 3.87. The summed E-state index contributed by atoms with van der Waals surface area (Å²) in [6.07, 6.45) is 0.741. The summed E-state index contributed by atoms with van der Waals surface area (Å²) in [4.78, 5) is 14.8. The predicted octanol–water partition coefficient (Wildman–Crippen LogP) is 4.34. The molecule has 1 aromatic heterocycles. The van der Waals surface area contributed by atoms with Crippen LogP contribution in [-0.2, 0) is 6.42 Å². The van der Waals surface area contributed by atoms with Gasteiger partial charge in [-0.3, -0.25) is 4.79 Å². The van der Waals surface area contributed by atoms with Crippen molar-refractivity contribution in [2.75, 3.05) is 25.5 Å². The maximum Gasteiger partial charge on any atom is 0.257 e. The highest BCUT2D eigenvalue weighted by molar-refractivity contribution is 6.33. The molecule has 0 aliphatic rings. The fraction of sp³-hybridized carbons (Fsp3) is 0.238. The van der Waals surface area contributed by atoms with Crippen LogP contribution >= 0.6 is 11.6 Å². The highest BCUT2D eigenvalue weighted by Gasteiger charge is 2.22. The van der Waals surface area contributed by atoms with Crippen molar-refractivity contribution < 1.29 is 9.32 Å². The maximum atomic E-state index is 12.7. The molecule has 6 heteroatoms. The van der Waals surface area contributed by atoms with Crippen LogP contribution < -0.4 is 10.2 Å². The van der Waals surface area contributed by atoms with Crippen LogP contribution in [0.25, 0.3) is 11.3 Å². The van der Waals surface area contributed by atoms with Gasteiger partial charge in [-0.15, -0.1) is 0 Å². The molecule has 0 radical (unpaired) electrons. The fourth-order valence-electron chi connectivity index (χ4n) is 2.85. The Kier molecular flexibility index (Phi) is 5.81. The maximum absolute atomic E-state index is 12.7. The van der Waals surface area contributed by atoms with Gasteiger partial charge in [-0.2, -0.15) is 0 Å². The van der Waals surface area contributed by atoms with Gasteiger partial charge >= 0.3 is 0 Å². The number of carbonyl (C=O) groups excluding carboxylic acids is 1. The molecule has 3 aromatic rings. The first-order chi connectivity index (χ1) is 13.0. The molecular formula is C21H22ClN3O2. The van der Waals surface area contributed by atoms with E-state index in [4.69, 9.17) is 16.1 Å². The van der Waals surface area contributed by atoms with Crippen LogP contribution in [0.4, 0.5) is 5.69 Å². The lowest BCUT2D eigenvalue weighted by Gasteiger charge is -2.12. The van der Waals surface area contributed by atoms with Crippen LogP contribution in [0, 0.1) is 6.92 Å². The second-order valence-corrected chi connectivity index (χ2v) is 6.92. The molecule has 0 bridgehead atoms. The van der Waals surface area contributed by atoms with Gasteiger partial charge in [0, 0.05) is 31.9 Å². The third-order valence-electron chi connectivity index (χ3n) is 4.37. The Balaban J connectivity index is 1.68. The van der Waals surface area contributed by atoms with E-state index in [9.17, 15) is 4.79 Å². The van der Waals surface area contributed by atoms with Crippen LogP contribution in [0.3, 0.4) is 0 Å². The SMILES string of the molecule is Cc1onc(-c2ccccc2Cl)c1C(=O)NCCc1ccc(N(C)C)cc1. The zero-order chi connectivity index (χ0) is 19.4. The summed E-state index contributed by atoms with van der Waals surface area (Å²) >= 11 is 6.25. The molecule has 0 unspecified atom stereocenters. The van der Waals surface area contributed by atoms with Gasteiger partial charge in [0.15, 0.2) is 0 Å². The van der Waals surface area contributed by atoms with E-state index < -0.39 is 0 Å². The third-order valence-corrected chi connectivity index (χ3v) is 4.70. The van der Waals surface area contributed by atoms with Gasteiger partial charge in [0.25, 0.3) is 5.91 Å². The number of rotatable bonds is 6. The van der Waals surface area contributed by atoms with Crippen molar-refractivity contribution in [3.63, 3.8) is 0 Å². The van der Waals surface area contributed by atoms with E-state index in [1.54, 1.807) is 13.0 Å². The van der Waals surface area contributed by atoms with Crippen molar-refractivity contribution in [3.8, 4) is 11.3 Å². The van der Waals surface area contributed by atoms with Crippen molar-refractivity contribution in [1.82, 2.24) is 10.5 Å². The summed E-state index contributed by atoms with van der Waals surface area (Å²) in [6, 6.07) is 15.5. The number of nitrogens with zero attached hydrogens (tertiary/aromatic N) is 2. The number of hydrogen-bond donors (Lipinski definition) is 1. The molecule has 5 nitrogen and oxygen atoms in total. The van der Waals surface area contributed by atoms with Gasteiger partial charge < -0.3 is 14.7 Å². The van der Waals surface area contributed by atoms with Gasteiger partial charge in [-0.1, -0.05) is 47.1 Å². The summed E-state index contributed by atoms with van der Waals surface area (Å²) in [5, 5.41) is 7.51. The molecule has 0 fully saturated rings. The average Bonchev–Trinajstić information content (AvgIpc) is 3.04. The minimum absolute atomic E-state index is 0.214. The monoisotopic (exact) mass is 383 g/mol. The molecule has 0 aliphatic carbocycles. The van der Waals surface area contributed by atoms with Crippen molar-refractivity contribution in [1.29, 1.82) is 0 Å². The number of carbonyl (C=O) groups is 1. The molecule has 1 amide bonds. The number of aryl methyl sites for hydroxylation is 1. The summed E-state index contributed by atoms with van der Waals surface area (Å²) in [5.74, 6) is 0.256. The van der Waals surface area contributed by atoms with Crippen LogP contribution in [0.5, 0.6) is 0 Å². The fourth-order valence-corrected chi connectivity index (χ4v) is 3.07. The quantitative estimate of drug-likeness (QED) is 0.687. The highest BCUT2D eigenvalue weighted by Crippen LogP contribution is 2.30. The lowest BCUT2D eigenvalue weighted by molar-refractivity contribution is 0.0953. The first kappa shape index (κ1) is 19.0. The molecule has 0 saturated carbocycles. The Hall–Kier alpha value is -2.79. The van der Waals surface area contributed by atoms with Crippen molar-refractivity contribution >= 4 is 23.2 Å². The first-order valence-corrected chi connectivity index (χ1v) is 9.11. The Bertz CT molecular complexity index is 933. The highest BCUT2D eigenvalue weighted by atomic mass is 35.5. The number of halogens is 1. The Labute approximate surface area is 163 Å². The van der Waals surface area contributed by atoms with Gasteiger partial charge in [-0.25, -0.2) is 0 Å². The van der Waals surface area contributed by atoms with E-state index in [1.807, 2.05) is 32.3 Å². The minimum atomic E-state index is -0.214. The van der Waals surface area contributed by atoms with Gasteiger partial charge in [-0.05, 0) is 37.1 Å². The Morgan fingerprint density at radius 3 is 2.52 bits per heavy atom. The molecule has 3 rings (SSSR count). The molecule has 140 valence electrons. The molecular weight excluding hydrogens is 362 g/mol. The van der Waals surface area contributed by atoms with E-state index in [2.05, 4.69) is 39.6 Å².